The molecule has 1 amide bonds. The SMILES string of the molecule is Cc1cc(I)ccc1Nc1ccccc1C(=O)NN. The van der Waals surface area contributed by atoms with E-state index in [1.807, 2.05) is 31.2 Å². The maximum atomic E-state index is 11.7. The molecule has 2 aromatic carbocycles. The summed E-state index contributed by atoms with van der Waals surface area (Å²) in [6.07, 6.45) is 0. The van der Waals surface area contributed by atoms with Crippen LogP contribution in [-0.4, -0.2) is 5.91 Å². The molecule has 0 aliphatic heterocycles. The van der Waals surface area contributed by atoms with Crippen molar-refractivity contribution in [3.63, 3.8) is 0 Å². The van der Waals surface area contributed by atoms with Crippen molar-refractivity contribution >= 4 is 39.9 Å². The Morgan fingerprint density at radius 3 is 2.58 bits per heavy atom. The highest BCUT2D eigenvalue weighted by atomic mass is 127. The van der Waals surface area contributed by atoms with E-state index in [1.165, 1.54) is 3.57 Å². The molecule has 0 spiro atoms. The molecule has 0 unspecified atom stereocenters. The van der Waals surface area contributed by atoms with Crippen LogP contribution in [-0.2, 0) is 0 Å². The van der Waals surface area contributed by atoms with Gasteiger partial charge in [0.05, 0.1) is 11.3 Å². The zero-order valence-corrected chi connectivity index (χ0v) is 12.6. The Bertz CT molecular complexity index is 613. The summed E-state index contributed by atoms with van der Waals surface area (Å²) in [6.45, 7) is 2.02. The third-order valence-electron chi connectivity index (χ3n) is 2.76. The van der Waals surface area contributed by atoms with Gasteiger partial charge in [0.15, 0.2) is 0 Å². The van der Waals surface area contributed by atoms with Crippen LogP contribution in [0.4, 0.5) is 11.4 Å². The van der Waals surface area contributed by atoms with Crippen LogP contribution in [0.3, 0.4) is 0 Å². The van der Waals surface area contributed by atoms with E-state index in [2.05, 4.69) is 39.4 Å². The minimum atomic E-state index is -0.314. The Labute approximate surface area is 125 Å². The number of benzene rings is 2. The smallest absolute Gasteiger partial charge is 0.267 e. The van der Waals surface area contributed by atoms with E-state index in [9.17, 15) is 4.79 Å². The average Bonchev–Trinajstić information content (AvgIpc) is 2.41. The van der Waals surface area contributed by atoms with Gasteiger partial charge in [-0.2, -0.15) is 0 Å². The Morgan fingerprint density at radius 2 is 1.89 bits per heavy atom. The van der Waals surface area contributed by atoms with Crippen LogP contribution in [0.1, 0.15) is 15.9 Å². The highest BCUT2D eigenvalue weighted by Gasteiger charge is 2.10. The van der Waals surface area contributed by atoms with Gasteiger partial charge in [0, 0.05) is 9.26 Å². The van der Waals surface area contributed by atoms with Gasteiger partial charge in [-0.15, -0.1) is 0 Å². The number of carbonyl (C=O) groups is 1. The van der Waals surface area contributed by atoms with E-state index in [0.717, 1.165) is 16.9 Å². The minimum absolute atomic E-state index is 0.314. The maximum Gasteiger partial charge on any atom is 0.267 e. The van der Waals surface area contributed by atoms with Crippen molar-refractivity contribution in [3.8, 4) is 0 Å². The molecule has 0 bridgehead atoms. The number of amides is 1. The van der Waals surface area contributed by atoms with Crippen LogP contribution < -0.4 is 16.6 Å². The molecule has 0 aromatic heterocycles. The highest BCUT2D eigenvalue weighted by molar-refractivity contribution is 14.1. The molecule has 0 radical (unpaired) electrons. The molecular weight excluding hydrogens is 353 g/mol. The third-order valence-corrected chi connectivity index (χ3v) is 3.43. The predicted octanol–water partition coefficient (Wildman–Crippen LogP) is 2.95. The number of para-hydroxylation sites is 1. The molecule has 0 saturated carbocycles. The van der Waals surface area contributed by atoms with Gasteiger partial charge in [-0.1, -0.05) is 12.1 Å². The van der Waals surface area contributed by atoms with Crippen molar-refractivity contribution in [1.82, 2.24) is 5.43 Å². The molecule has 0 aliphatic carbocycles. The molecular formula is C14H14IN3O. The number of anilines is 2. The van der Waals surface area contributed by atoms with Crippen LogP contribution in [0.15, 0.2) is 42.5 Å². The topological polar surface area (TPSA) is 67.2 Å². The fraction of sp³-hybridized carbons (Fsp3) is 0.0714. The summed E-state index contributed by atoms with van der Waals surface area (Å²) < 4.78 is 1.17. The van der Waals surface area contributed by atoms with Crippen LogP contribution >= 0.6 is 22.6 Å². The molecule has 0 heterocycles. The number of nitrogens with one attached hydrogen (secondary N) is 2. The lowest BCUT2D eigenvalue weighted by Gasteiger charge is -2.13. The van der Waals surface area contributed by atoms with Gasteiger partial charge in [0.2, 0.25) is 0 Å². The minimum Gasteiger partial charge on any atom is -0.355 e. The van der Waals surface area contributed by atoms with Crippen LogP contribution in [0.2, 0.25) is 0 Å². The first-order valence-corrected chi connectivity index (χ1v) is 6.83. The lowest BCUT2D eigenvalue weighted by atomic mass is 10.1. The summed E-state index contributed by atoms with van der Waals surface area (Å²) in [5.74, 6) is 4.87. The number of aryl methyl sites for hydroxylation is 1. The monoisotopic (exact) mass is 367 g/mol. The first kappa shape index (κ1) is 13.8. The van der Waals surface area contributed by atoms with Crippen molar-refractivity contribution in [2.75, 3.05) is 5.32 Å². The molecule has 4 nitrogen and oxygen atoms in total. The number of carbonyl (C=O) groups excluding carboxylic acids is 1. The molecule has 5 heteroatoms. The number of hydrogen-bond acceptors (Lipinski definition) is 3. The summed E-state index contributed by atoms with van der Waals surface area (Å²) in [5, 5.41) is 3.26. The molecule has 19 heavy (non-hydrogen) atoms. The van der Waals surface area contributed by atoms with Gasteiger partial charge in [-0.3, -0.25) is 10.2 Å². The van der Waals surface area contributed by atoms with E-state index in [0.29, 0.717) is 5.56 Å². The van der Waals surface area contributed by atoms with Gasteiger partial charge in [0.1, 0.15) is 0 Å². The van der Waals surface area contributed by atoms with Crippen molar-refractivity contribution in [1.29, 1.82) is 0 Å². The van der Waals surface area contributed by atoms with E-state index in [-0.39, 0.29) is 5.91 Å². The van der Waals surface area contributed by atoms with Crippen LogP contribution in [0, 0.1) is 10.5 Å². The average molecular weight is 367 g/mol. The maximum absolute atomic E-state index is 11.7. The first-order chi connectivity index (χ1) is 9.11. The molecule has 0 atom stereocenters. The van der Waals surface area contributed by atoms with Gasteiger partial charge < -0.3 is 5.32 Å². The van der Waals surface area contributed by atoms with Crippen molar-refractivity contribution in [2.45, 2.75) is 6.92 Å². The van der Waals surface area contributed by atoms with E-state index in [1.54, 1.807) is 12.1 Å². The number of rotatable bonds is 3. The lowest BCUT2D eigenvalue weighted by molar-refractivity contribution is 0.0954. The van der Waals surface area contributed by atoms with Crippen LogP contribution in [0.25, 0.3) is 0 Å². The highest BCUT2D eigenvalue weighted by Crippen LogP contribution is 2.24. The number of hydrazine groups is 1. The largest absolute Gasteiger partial charge is 0.355 e. The standard InChI is InChI=1S/C14H14IN3O/c1-9-8-10(15)6-7-12(9)17-13-5-3-2-4-11(13)14(19)18-16/h2-8,17H,16H2,1H3,(H,18,19). The molecule has 0 fully saturated rings. The number of halogens is 1. The van der Waals surface area contributed by atoms with Crippen molar-refractivity contribution in [3.05, 3.63) is 57.2 Å². The molecule has 0 saturated heterocycles. The molecule has 2 aromatic rings. The zero-order valence-electron chi connectivity index (χ0n) is 10.4. The third kappa shape index (κ3) is 3.24. The van der Waals surface area contributed by atoms with Crippen LogP contribution in [0.5, 0.6) is 0 Å². The predicted molar refractivity (Wildman–Crippen MR) is 85.3 cm³/mol. The van der Waals surface area contributed by atoms with Gasteiger partial charge in [-0.05, 0) is 65.4 Å². The summed E-state index contributed by atoms with van der Waals surface area (Å²) in [5.41, 5.74) is 5.49. The second-order valence-corrected chi connectivity index (χ2v) is 5.35. The second kappa shape index (κ2) is 6.03. The molecule has 98 valence electrons. The summed E-state index contributed by atoms with van der Waals surface area (Å²) in [6, 6.07) is 13.3. The summed E-state index contributed by atoms with van der Waals surface area (Å²) >= 11 is 2.27. The van der Waals surface area contributed by atoms with Gasteiger partial charge in [0.25, 0.3) is 5.91 Å². The Balaban J connectivity index is 2.35. The Morgan fingerprint density at radius 1 is 1.16 bits per heavy atom. The lowest BCUT2D eigenvalue weighted by Crippen LogP contribution is -2.30. The Hall–Kier alpha value is -1.60. The second-order valence-electron chi connectivity index (χ2n) is 4.10. The fourth-order valence-electron chi connectivity index (χ4n) is 1.78. The van der Waals surface area contributed by atoms with Crippen molar-refractivity contribution < 1.29 is 4.79 Å². The normalized spacial score (nSPS) is 10.1. The summed E-state index contributed by atoms with van der Waals surface area (Å²) in [7, 11) is 0. The molecule has 2 rings (SSSR count). The summed E-state index contributed by atoms with van der Waals surface area (Å²) in [4.78, 5) is 11.7. The quantitative estimate of drug-likeness (QED) is 0.338. The number of nitrogens with two attached hydrogens (primary N) is 1. The number of hydrogen-bond donors (Lipinski definition) is 3. The van der Waals surface area contributed by atoms with E-state index in [4.69, 9.17) is 5.84 Å². The van der Waals surface area contributed by atoms with Crippen molar-refractivity contribution in [2.24, 2.45) is 5.84 Å². The number of nitrogen functional groups attached to an aromatic ring is 1. The first-order valence-electron chi connectivity index (χ1n) is 5.75. The molecule has 0 aliphatic rings. The zero-order chi connectivity index (χ0) is 13.8. The van der Waals surface area contributed by atoms with E-state index < -0.39 is 0 Å². The molecule has 4 N–H and O–H groups in total. The fourth-order valence-corrected chi connectivity index (χ4v) is 2.43. The Kier molecular flexibility index (Phi) is 4.39. The van der Waals surface area contributed by atoms with Gasteiger partial charge >= 0.3 is 0 Å². The van der Waals surface area contributed by atoms with E-state index >= 15 is 0 Å². The van der Waals surface area contributed by atoms with Gasteiger partial charge in [-0.25, -0.2) is 5.84 Å².